The molecule has 0 aliphatic carbocycles. The van der Waals surface area contributed by atoms with Crippen LogP contribution >= 0.6 is 0 Å². The quantitative estimate of drug-likeness (QED) is 0.621. The van der Waals surface area contributed by atoms with Crippen molar-refractivity contribution in [2.75, 3.05) is 19.6 Å². The maximum absolute atomic E-state index is 11.5. The fraction of sp³-hybridized carbons (Fsp3) is 0.917. The van der Waals surface area contributed by atoms with Gasteiger partial charge in [-0.3, -0.25) is 4.79 Å². The van der Waals surface area contributed by atoms with Crippen LogP contribution in [-0.4, -0.2) is 36.8 Å². The lowest BCUT2D eigenvalue weighted by Crippen LogP contribution is -2.34. The van der Waals surface area contributed by atoms with Crippen LogP contribution in [0.2, 0.25) is 0 Å². The summed E-state index contributed by atoms with van der Waals surface area (Å²) in [4.78, 5) is 11.5. The number of aliphatic hydroxyl groups is 1. The number of aliphatic hydroxyl groups excluding tert-OH is 1. The van der Waals surface area contributed by atoms with E-state index < -0.39 is 6.10 Å². The Morgan fingerprint density at radius 2 is 2.31 bits per heavy atom. The highest BCUT2D eigenvalue weighted by Crippen LogP contribution is 2.11. The number of carbonyl (C=O) groups excluding carboxylic acids is 1. The Kier molecular flexibility index (Phi) is 5.77. The molecule has 0 bridgehead atoms. The summed E-state index contributed by atoms with van der Waals surface area (Å²) in [7, 11) is 0. The third-order valence-corrected chi connectivity index (χ3v) is 2.91. The molecule has 3 N–H and O–H groups in total. The molecule has 1 rings (SSSR count). The molecule has 0 aromatic carbocycles. The van der Waals surface area contributed by atoms with E-state index in [1.54, 1.807) is 0 Å². The van der Waals surface area contributed by atoms with Crippen LogP contribution in [0.3, 0.4) is 0 Å². The van der Waals surface area contributed by atoms with Crippen LogP contribution in [0.25, 0.3) is 0 Å². The van der Waals surface area contributed by atoms with Crippen LogP contribution < -0.4 is 10.6 Å². The van der Waals surface area contributed by atoms with E-state index in [1.807, 2.05) is 0 Å². The first-order valence-electron chi connectivity index (χ1n) is 6.23. The molecule has 1 saturated heterocycles. The van der Waals surface area contributed by atoms with Gasteiger partial charge in [0, 0.05) is 13.0 Å². The van der Waals surface area contributed by atoms with Gasteiger partial charge in [0.2, 0.25) is 5.91 Å². The van der Waals surface area contributed by atoms with Crippen molar-refractivity contribution in [3.8, 4) is 0 Å². The first-order valence-corrected chi connectivity index (χ1v) is 6.23. The zero-order valence-electron chi connectivity index (χ0n) is 10.3. The van der Waals surface area contributed by atoms with E-state index in [-0.39, 0.29) is 5.91 Å². The molecule has 4 heteroatoms. The van der Waals surface area contributed by atoms with Gasteiger partial charge in [0.15, 0.2) is 0 Å². The number of nitrogens with one attached hydrogen (secondary N) is 2. The van der Waals surface area contributed by atoms with Crippen molar-refractivity contribution in [3.63, 3.8) is 0 Å². The van der Waals surface area contributed by atoms with Gasteiger partial charge >= 0.3 is 0 Å². The molecule has 1 fully saturated rings. The smallest absolute Gasteiger partial charge is 0.220 e. The standard InChI is InChI=1S/C12H24N2O2/c1-9(2)5-11(15)8-14-12(16)6-10-3-4-13-7-10/h9-11,13,15H,3-8H2,1-2H3,(H,14,16). The minimum Gasteiger partial charge on any atom is -0.391 e. The molecule has 0 aromatic heterocycles. The zero-order valence-corrected chi connectivity index (χ0v) is 10.3. The van der Waals surface area contributed by atoms with Gasteiger partial charge in [-0.25, -0.2) is 0 Å². The van der Waals surface area contributed by atoms with Crippen LogP contribution in [-0.2, 0) is 4.79 Å². The average Bonchev–Trinajstić information content (AvgIpc) is 2.66. The van der Waals surface area contributed by atoms with Crippen molar-refractivity contribution in [2.24, 2.45) is 11.8 Å². The third kappa shape index (κ3) is 5.47. The zero-order chi connectivity index (χ0) is 12.0. The summed E-state index contributed by atoms with van der Waals surface area (Å²) in [5.41, 5.74) is 0. The van der Waals surface area contributed by atoms with E-state index in [4.69, 9.17) is 0 Å². The third-order valence-electron chi connectivity index (χ3n) is 2.91. The minimum absolute atomic E-state index is 0.0662. The Bertz CT molecular complexity index is 213. The topological polar surface area (TPSA) is 61.4 Å². The molecule has 0 saturated carbocycles. The second-order valence-electron chi connectivity index (χ2n) is 5.15. The Morgan fingerprint density at radius 3 is 2.88 bits per heavy atom. The minimum atomic E-state index is -0.411. The lowest BCUT2D eigenvalue weighted by Gasteiger charge is -2.14. The molecule has 1 aliphatic rings. The first-order chi connectivity index (χ1) is 7.58. The number of hydrogen-bond donors (Lipinski definition) is 3. The van der Waals surface area contributed by atoms with Crippen molar-refractivity contribution < 1.29 is 9.90 Å². The van der Waals surface area contributed by atoms with Crippen LogP contribution in [0.5, 0.6) is 0 Å². The van der Waals surface area contributed by atoms with Crippen molar-refractivity contribution in [1.82, 2.24) is 10.6 Å². The lowest BCUT2D eigenvalue weighted by atomic mass is 10.0. The van der Waals surface area contributed by atoms with E-state index in [0.29, 0.717) is 24.8 Å². The molecule has 94 valence electrons. The highest BCUT2D eigenvalue weighted by Gasteiger charge is 2.18. The van der Waals surface area contributed by atoms with Crippen molar-refractivity contribution in [1.29, 1.82) is 0 Å². The second kappa shape index (κ2) is 6.86. The predicted molar refractivity (Wildman–Crippen MR) is 64.1 cm³/mol. The van der Waals surface area contributed by atoms with Gasteiger partial charge in [-0.1, -0.05) is 13.8 Å². The maximum Gasteiger partial charge on any atom is 0.220 e. The molecule has 1 heterocycles. The largest absolute Gasteiger partial charge is 0.391 e. The molecule has 2 atom stereocenters. The normalized spacial score (nSPS) is 22.4. The summed E-state index contributed by atoms with van der Waals surface area (Å²) in [6, 6.07) is 0. The Balaban J connectivity index is 2.09. The highest BCUT2D eigenvalue weighted by atomic mass is 16.3. The van der Waals surface area contributed by atoms with Crippen LogP contribution in [0.15, 0.2) is 0 Å². The van der Waals surface area contributed by atoms with Crippen molar-refractivity contribution in [3.05, 3.63) is 0 Å². The SMILES string of the molecule is CC(C)CC(O)CNC(=O)CC1CCNC1. The summed E-state index contributed by atoms with van der Waals surface area (Å²) in [6.07, 6.45) is 2.00. The molecule has 1 amide bonds. The first kappa shape index (κ1) is 13.5. The van der Waals surface area contributed by atoms with E-state index in [0.717, 1.165) is 25.9 Å². The van der Waals surface area contributed by atoms with Gasteiger partial charge in [0.05, 0.1) is 6.10 Å². The lowest BCUT2D eigenvalue weighted by molar-refractivity contribution is -0.122. The van der Waals surface area contributed by atoms with Crippen LogP contribution in [0, 0.1) is 11.8 Å². The van der Waals surface area contributed by atoms with E-state index in [2.05, 4.69) is 24.5 Å². The molecule has 0 aromatic rings. The number of carbonyl (C=O) groups is 1. The molecule has 0 spiro atoms. The fourth-order valence-electron chi connectivity index (χ4n) is 2.08. The predicted octanol–water partition coefficient (Wildman–Crippen LogP) is 0.509. The van der Waals surface area contributed by atoms with Gasteiger partial charge in [0.1, 0.15) is 0 Å². The number of hydrogen-bond acceptors (Lipinski definition) is 3. The van der Waals surface area contributed by atoms with Gasteiger partial charge in [0.25, 0.3) is 0 Å². The van der Waals surface area contributed by atoms with Crippen molar-refractivity contribution >= 4 is 5.91 Å². The maximum atomic E-state index is 11.5. The van der Waals surface area contributed by atoms with Gasteiger partial charge < -0.3 is 15.7 Å². The Morgan fingerprint density at radius 1 is 1.56 bits per heavy atom. The number of rotatable bonds is 6. The number of amides is 1. The van der Waals surface area contributed by atoms with Gasteiger partial charge in [-0.05, 0) is 37.8 Å². The highest BCUT2D eigenvalue weighted by molar-refractivity contribution is 5.76. The fourth-order valence-corrected chi connectivity index (χ4v) is 2.08. The average molecular weight is 228 g/mol. The Labute approximate surface area is 97.8 Å². The molecule has 1 aliphatic heterocycles. The van der Waals surface area contributed by atoms with E-state index >= 15 is 0 Å². The molecule has 4 nitrogen and oxygen atoms in total. The Hall–Kier alpha value is -0.610. The summed E-state index contributed by atoms with van der Waals surface area (Å²) < 4.78 is 0. The van der Waals surface area contributed by atoms with E-state index in [1.165, 1.54) is 0 Å². The molecule has 2 unspecified atom stereocenters. The summed E-state index contributed by atoms with van der Waals surface area (Å²) >= 11 is 0. The summed E-state index contributed by atoms with van der Waals surface area (Å²) in [5.74, 6) is 1.00. The van der Waals surface area contributed by atoms with E-state index in [9.17, 15) is 9.90 Å². The molecule has 0 radical (unpaired) electrons. The van der Waals surface area contributed by atoms with Gasteiger partial charge in [-0.15, -0.1) is 0 Å². The molecular weight excluding hydrogens is 204 g/mol. The monoisotopic (exact) mass is 228 g/mol. The second-order valence-corrected chi connectivity index (χ2v) is 5.15. The summed E-state index contributed by atoms with van der Waals surface area (Å²) in [5, 5.41) is 15.6. The molecule has 16 heavy (non-hydrogen) atoms. The van der Waals surface area contributed by atoms with Crippen LogP contribution in [0.4, 0.5) is 0 Å². The van der Waals surface area contributed by atoms with Crippen molar-refractivity contribution in [2.45, 2.75) is 39.2 Å². The summed E-state index contributed by atoms with van der Waals surface area (Å²) in [6.45, 7) is 6.48. The van der Waals surface area contributed by atoms with Gasteiger partial charge in [-0.2, -0.15) is 0 Å². The molecular formula is C12H24N2O2. The van der Waals surface area contributed by atoms with Crippen LogP contribution in [0.1, 0.15) is 33.1 Å².